The summed E-state index contributed by atoms with van der Waals surface area (Å²) in [4.78, 5) is 16.3. The minimum atomic E-state index is -0.238. The van der Waals surface area contributed by atoms with E-state index in [1.807, 2.05) is 0 Å². The summed E-state index contributed by atoms with van der Waals surface area (Å²) in [7, 11) is 1.65. The molecule has 2 aliphatic heterocycles. The Morgan fingerprint density at radius 1 is 1.00 bits per heavy atom. The van der Waals surface area contributed by atoms with Crippen molar-refractivity contribution in [2.24, 2.45) is 0 Å². The van der Waals surface area contributed by atoms with Gasteiger partial charge in [-0.15, -0.1) is 0 Å². The first-order valence-corrected chi connectivity index (χ1v) is 11.5. The monoisotopic (exact) mass is 422 g/mol. The predicted octanol–water partition coefficient (Wildman–Crippen LogP) is 4.39. The molecule has 2 heterocycles. The molecule has 2 fully saturated rings. The Morgan fingerprint density at radius 3 is 2.29 bits per heavy atom. The highest BCUT2D eigenvalue weighted by atomic mass is 16.6. The summed E-state index contributed by atoms with van der Waals surface area (Å²) in [5, 5.41) is 0. The molecule has 0 bridgehead atoms. The maximum Gasteiger partial charge on any atom is 0.410 e. The van der Waals surface area contributed by atoms with Crippen LogP contribution in [0.3, 0.4) is 0 Å². The van der Waals surface area contributed by atoms with Gasteiger partial charge in [-0.1, -0.05) is 48.5 Å². The van der Waals surface area contributed by atoms with Crippen molar-refractivity contribution in [3.05, 3.63) is 59.7 Å². The molecule has 2 atom stereocenters. The summed E-state index contributed by atoms with van der Waals surface area (Å²) >= 11 is 0. The molecule has 0 spiro atoms. The van der Waals surface area contributed by atoms with E-state index in [0.29, 0.717) is 19.8 Å². The van der Waals surface area contributed by atoms with Crippen LogP contribution in [0.1, 0.15) is 30.9 Å². The number of amides is 1. The maximum absolute atomic E-state index is 11.9. The summed E-state index contributed by atoms with van der Waals surface area (Å²) in [6.45, 7) is 6.29. The largest absolute Gasteiger partial charge is 0.447 e. The van der Waals surface area contributed by atoms with Crippen LogP contribution in [0.5, 0.6) is 0 Å². The zero-order valence-electron chi connectivity index (χ0n) is 18.8. The van der Waals surface area contributed by atoms with Gasteiger partial charge in [0, 0.05) is 26.2 Å². The third-order valence-corrected chi connectivity index (χ3v) is 6.70. The minimum absolute atomic E-state index is 0.0751. The number of likely N-dealkylation sites (tertiary alicyclic amines) is 1. The van der Waals surface area contributed by atoms with E-state index in [4.69, 9.17) is 9.47 Å². The average molecular weight is 423 g/mol. The molecule has 0 radical (unpaired) electrons. The number of hydrogen-bond acceptors (Lipinski definition) is 4. The molecule has 0 unspecified atom stereocenters. The van der Waals surface area contributed by atoms with Gasteiger partial charge in [0.25, 0.3) is 0 Å². The molecule has 2 aliphatic rings. The Labute approximate surface area is 185 Å². The first kappa shape index (κ1) is 21.8. The van der Waals surface area contributed by atoms with E-state index in [9.17, 15) is 4.79 Å². The van der Waals surface area contributed by atoms with Crippen molar-refractivity contribution in [3.8, 4) is 11.1 Å². The molecule has 0 N–H and O–H groups in total. The molecule has 4 rings (SSSR count). The molecule has 31 heavy (non-hydrogen) atoms. The second-order valence-corrected chi connectivity index (χ2v) is 8.79. The highest BCUT2D eigenvalue weighted by Crippen LogP contribution is 2.23. The number of carbonyl (C=O) groups is 1. The van der Waals surface area contributed by atoms with Gasteiger partial charge in [0.15, 0.2) is 0 Å². The zero-order valence-corrected chi connectivity index (χ0v) is 18.8. The third-order valence-electron chi connectivity index (χ3n) is 6.70. The van der Waals surface area contributed by atoms with Crippen molar-refractivity contribution < 1.29 is 14.3 Å². The first-order chi connectivity index (χ1) is 15.1. The molecule has 166 valence electrons. The lowest BCUT2D eigenvalue weighted by atomic mass is 9.99. The van der Waals surface area contributed by atoms with E-state index in [-0.39, 0.29) is 12.1 Å². The van der Waals surface area contributed by atoms with Crippen LogP contribution in [-0.4, -0.2) is 67.9 Å². The Kier molecular flexibility index (Phi) is 7.25. The van der Waals surface area contributed by atoms with Gasteiger partial charge < -0.3 is 14.4 Å². The van der Waals surface area contributed by atoms with Crippen LogP contribution in [-0.2, 0) is 22.3 Å². The third kappa shape index (κ3) is 5.46. The molecule has 0 aromatic heterocycles. The Bertz CT molecular complexity index is 850. The second kappa shape index (κ2) is 10.3. The lowest BCUT2D eigenvalue weighted by molar-refractivity contribution is 0.134. The Morgan fingerprint density at radius 2 is 1.68 bits per heavy atom. The van der Waals surface area contributed by atoms with E-state index in [1.54, 1.807) is 12.0 Å². The van der Waals surface area contributed by atoms with Gasteiger partial charge in [-0.3, -0.25) is 4.90 Å². The molecular formula is C26H34N2O3. The van der Waals surface area contributed by atoms with Crippen molar-refractivity contribution in [2.75, 3.05) is 40.0 Å². The smallest absolute Gasteiger partial charge is 0.410 e. The fourth-order valence-corrected chi connectivity index (χ4v) is 4.69. The number of methoxy groups -OCH3 is 1. The van der Waals surface area contributed by atoms with Crippen LogP contribution in [0.4, 0.5) is 4.79 Å². The van der Waals surface area contributed by atoms with E-state index in [2.05, 4.69) is 60.4 Å². The molecule has 1 amide bonds. The van der Waals surface area contributed by atoms with Gasteiger partial charge in [0.1, 0.15) is 6.61 Å². The second-order valence-electron chi connectivity index (χ2n) is 8.79. The number of ether oxygens (including phenoxy) is 2. The van der Waals surface area contributed by atoms with Gasteiger partial charge in [-0.2, -0.15) is 0 Å². The van der Waals surface area contributed by atoms with Crippen molar-refractivity contribution in [2.45, 2.75) is 44.7 Å². The van der Waals surface area contributed by atoms with Crippen LogP contribution < -0.4 is 0 Å². The normalized spacial score (nSPS) is 21.6. The maximum atomic E-state index is 11.9. The predicted molar refractivity (Wildman–Crippen MR) is 123 cm³/mol. The van der Waals surface area contributed by atoms with Gasteiger partial charge in [-0.25, -0.2) is 4.79 Å². The summed E-state index contributed by atoms with van der Waals surface area (Å²) in [5.41, 5.74) is 5.08. The highest BCUT2D eigenvalue weighted by Gasteiger charge is 2.32. The molecular weight excluding hydrogens is 388 g/mol. The number of benzene rings is 2. The van der Waals surface area contributed by atoms with E-state index >= 15 is 0 Å². The highest BCUT2D eigenvalue weighted by molar-refractivity contribution is 5.70. The standard InChI is InChI=1S/C26H34N2O3/c1-20-4-3-14-27(20)15-13-21-5-9-23(10-6-21)24-11-7-22(8-12-24)18-25-19-31-26(29)28(25)16-17-30-2/h5-12,20,25H,3-4,13-19H2,1-2H3/t20-,25+/m1/s1. The lowest BCUT2D eigenvalue weighted by Crippen LogP contribution is -2.37. The van der Waals surface area contributed by atoms with Crippen molar-refractivity contribution in [1.82, 2.24) is 9.80 Å². The molecule has 5 nitrogen and oxygen atoms in total. The van der Waals surface area contributed by atoms with Crippen molar-refractivity contribution in [3.63, 3.8) is 0 Å². The molecule has 5 heteroatoms. The molecule has 2 aromatic rings. The summed E-state index contributed by atoms with van der Waals surface area (Å²) in [6.07, 6.45) is 4.35. The quantitative estimate of drug-likeness (QED) is 0.601. The molecule has 2 aromatic carbocycles. The van der Waals surface area contributed by atoms with Gasteiger partial charge in [0.05, 0.1) is 12.6 Å². The fraction of sp³-hybridized carbons (Fsp3) is 0.500. The minimum Gasteiger partial charge on any atom is -0.447 e. The van der Waals surface area contributed by atoms with Crippen LogP contribution >= 0.6 is 0 Å². The first-order valence-electron chi connectivity index (χ1n) is 11.5. The molecule has 0 saturated carbocycles. The van der Waals surface area contributed by atoms with Crippen LogP contribution in [0, 0.1) is 0 Å². The van der Waals surface area contributed by atoms with Crippen molar-refractivity contribution >= 4 is 6.09 Å². The number of cyclic esters (lactones) is 1. The number of carbonyl (C=O) groups excluding carboxylic acids is 1. The number of rotatable bonds is 9. The van der Waals surface area contributed by atoms with E-state index < -0.39 is 0 Å². The molecule has 2 saturated heterocycles. The lowest BCUT2D eigenvalue weighted by Gasteiger charge is -2.21. The summed E-state index contributed by atoms with van der Waals surface area (Å²) in [5.74, 6) is 0. The van der Waals surface area contributed by atoms with Crippen LogP contribution in [0.2, 0.25) is 0 Å². The fourth-order valence-electron chi connectivity index (χ4n) is 4.69. The zero-order chi connectivity index (χ0) is 21.6. The Balaban J connectivity index is 1.33. The number of nitrogens with zero attached hydrogens (tertiary/aromatic N) is 2. The summed E-state index contributed by atoms with van der Waals surface area (Å²) in [6, 6.07) is 18.5. The van der Waals surface area contributed by atoms with Crippen LogP contribution in [0.15, 0.2) is 48.5 Å². The van der Waals surface area contributed by atoms with Gasteiger partial charge in [-0.05, 0) is 61.4 Å². The topological polar surface area (TPSA) is 42.0 Å². The SMILES string of the molecule is COCCN1C(=O)OC[C@@H]1Cc1ccc(-c2ccc(CCN3CCC[C@H]3C)cc2)cc1. The van der Waals surface area contributed by atoms with Crippen molar-refractivity contribution in [1.29, 1.82) is 0 Å². The average Bonchev–Trinajstić information content (AvgIpc) is 3.36. The van der Waals surface area contributed by atoms with Gasteiger partial charge in [0.2, 0.25) is 0 Å². The van der Waals surface area contributed by atoms with E-state index in [1.165, 1.54) is 41.6 Å². The number of hydrogen-bond donors (Lipinski definition) is 0. The Hall–Kier alpha value is -2.37. The molecule has 0 aliphatic carbocycles. The van der Waals surface area contributed by atoms with Gasteiger partial charge >= 0.3 is 6.09 Å². The summed E-state index contributed by atoms with van der Waals surface area (Å²) < 4.78 is 10.4. The van der Waals surface area contributed by atoms with Crippen LogP contribution in [0.25, 0.3) is 11.1 Å². The van der Waals surface area contributed by atoms with E-state index in [0.717, 1.165) is 25.4 Å².